The Bertz CT molecular complexity index is 917. The van der Waals surface area contributed by atoms with Gasteiger partial charge in [0.2, 0.25) is 0 Å². The highest BCUT2D eigenvalue weighted by molar-refractivity contribution is 5.79. The maximum atomic E-state index is 10.9. The van der Waals surface area contributed by atoms with Crippen LogP contribution in [0.4, 0.5) is 5.69 Å². The van der Waals surface area contributed by atoms with Crippen LogP contribution in [0.3, 0.4) is 0 Å². The summed E-state index contributed by atoms with van der Waals surface area (Å²) in [7, 11) is 1.65. The molecule has 3 aromatic rings. The molecular weight excluding hydrogens is 308 g/mol. The summed E-state index contributed by atoms with van der Waals surface area (Å²) < 4.78 is 7.26. The zero-order valence-electron chi connectivity index (χ0n) is 13.1. The van der Waals surface area contributed by atoms with E-state index in [0.717, 1.165) is 23.5 Å². The lowest BCUT2D eigenvalue weighted by molar-refractivity contribution is -0.384. The quantitative estimate of drug-likeness (QED) is 0.589. The monoisotopic (exact) mass is 324 g/mol. The molecule has 0 amide bonds. The fourth-order valence-corrected chi connectivity index (χ4v) is 3.14. The first-order chi connectivity index (χ1) is 11.7. The third-order valence-electron chi connectivity index (χ3n) is 4.38. The molecule has 1 N–H and O–H groups in total. The molecule has 2 aromatic carbocycles. The molecule has 0 saturated carbocycles. The molecule has 24 heavy (non-hydrogen) atoms. The van der Waals surface area contributed by atoms with Crippen molar-refractivity contribution >= 4 is 16.7 Å². The van der Waals surface area contributed by atoms with Gasteiger partial charge in [0.25, 0.3) is 5.69 Å². The lowest BCUT2D eigenvalue weighted by atomic mass is 10.1. The number of fused-ring (bicyclic) bond motifs is 3. The number of aromatic nitrogens is 2. The molecule has 7 nitrogen and oxygen atoms in total. The van der Waals surface area contributed by atoms with E-state index in [1.165, 1.54) is 17.7 Å². The standard InChI is InChI=1S/C17H16N4O3/c1-24-13-5-2-11(3-6-13)8-15-17-19-14-9-12(21(22)23)4-7-16(14)20(17)10-18-15/h2-7,9,15,18H,8,10H2,1H3/t15-/m1/s1. The lowest BCUT2D eigenvalue weighted by Crippen LogP contribution is -2.15. The lowest BCUT2D eigenvalue weighted by Gasteiger charge is -2.09. The molecule has 1 aromatic heterocycles. The number of hydrogen-bond acceptors (Lipinski definition) is 5. The Balaban J connectivity index is 1.65. The minimum absolute atomic E-state index is 0.0685. The van der Waals surface area contributed by atoms with Crippen LogP contribution >= 0.6 is 0 Å². The zero-order chi connectivity index (χ0) is 16.7. The number of nitrogens with zero attached hydrogens (tertiary/aromatic N) is 3. The first-order valence-electron chi connectivity index (χ1n) is 7.66. The van der Waals surface area contributed by atoms with Crippen LogP contribution in [0.25, 0.3) is 11.0 Å². The van der Waals surface area contributed by atoms with Crippen molar-refractivity contribution < 1.29 is 9.66 Å². The molecule has 0 radical (unpaired) electrons. The van der Waals surface area contributed by atoms with Crippen LogP contribution in [0.1, 0.15) is 17.4 Å². The van der Waals surface area contributed by atoms with Gasteiger partial charge in [-0.3, -0.25) is 15.4 Å². The predicted molar refractivity (Wildman–Crippen MR) is 89.0 cm³/mol. The summed E-state index contributed by atoms with van der Waals surface area (Å²) in [5.41, 5.74) is 2.83. The van der Waals surface area contributed by atoms with Crippen LogP contribution in [0, 0.1) is 10.1 Å². The van der Waals surface area contributed by atoms with Gasteiger partial charge in [-0.1, -0.05) is 12.1 Å². The highest BCUT2D eigenvalue weighted by Crippen LogP contribution is 2.29. The molecule has 1 aliphatic rings. The van der Waals surface area contributed by atoms with Gasteiger partial charge in [-0.05, 0) is 30.2 Å². The second kappa shape index (κ2) is 5.61. The second-order valence-corrected chi connectivity index (χ2v) is 5.80. The van der Waals surface area contributed by atoms with Crippen molar-refractivity contribution in [3.63, 3.8) is 0 Å². The number of imidazole rings is 1. The van der Waals surface area contributed by atoms with E-state index in [1.807, 2.05) is 24.3 Å². The third-order valence-corrected chi connectivity index (χ3v) is 4.38. The molecule has 0 bridgehead atoms. The highest BCUT2D eigenvalue weighted by Gasteiger charge is 2.26. The Kier molecular flexibility index (Phi) is 3.42. The molecule has 7 heteroatoms. The number of methoxy groups -OCH3 is 1. The normalized spacial score (nSPS) is 16.3. The van der Waals surface area contributed by atoms with Gasteiger partial charge in [0.15, 0.2) is 0 Å². The molecule has 122 valence electrons. The van der Waals surface area contributed by atoms with Crippen molar-refractivity contribution in [3.05, 3.63) is 64.0 Å². The Labute approximate surface area is 138 Å². The molecule has 0 spiro atoms. The van der Waals surface area contributed by atoms with Crippen molar-refractivity contribution in [1.82, 2.24) is 14.9 Å². The number of benzene rings is 2. The number of ether oxygens (including phenoxy) is 1. The van der Waals surface area contributed by atoms with E-state index in [2.05, 4.69) is 14.9 Å². The maximum absolute atomic E-state index is 10.9. The molecule has 1 atom stereocenters. The Morgan fingerprint density at radius 3 is 2.83 bits per heavy atom. The van der Waals surface area contributed by atoms with E-state index < -0.39 is 4.92 Å². The number of nitro benzene ring substituents is 1. The van der Waals surface area contributed by atoms with Gasteiger partial charge < -0.3 is 9.30 Å². The van der Waals surface area contributed by atoms with Gasteiger partial charge in [0.1, 0.15) is 11.6 Å². The molecular formula is C17H16N4O3. The van der Waals surface area contributed by atoms with Crippen LogP contribution in [0.15, 0.2) is 42.5 Å². The van der Waals surface area contributed by atoms with E-state index in [1.54, 1.807) is 13.2 Å². The number of rotatable bonds is 4. The second-order valence-electron chi connectivity index (χ2n) is 5.80. The summed E-state index contributed by atoms with van der Waals surface area (Å²) in [5.74, 6) is 1.75. The fourth-order valence-electron chi connectivity index (χ4n) is 3.14. The smallest absolute Gasteiger partial charge is 0.271 e. The molecule has 4 rings (SSSR count). The largest absolute Gasteiger partial charge is 0.497 e. The van der Waals surface area contributed by atoms with Crippen molar-refractivity contribution in [3.8, 4) is 5.75 Å². The van der Waals surface area contributed by atoms with E-state index in [9.17, 15) is 10.1 Å². The van der Waals surface area contributed by atoms with Crippen LogP contribution in [0.2, 0.25) is 0 Å². The molecule has 0 aliphatic carbocycles. The Hall–Kier alpha value is -2.93. The summed E-state index contributed by atoms with van der Waals surface area (Å²) in [5, 5.41) is 14.4. The summed E-state index contributed by atoms with van der Waals surface area (Å²) >= 11 is 0. The van der Waals surface area contributed by atoms with Crippen LogP contribution in [0.5, 0.6) is 5.75 Å². The molecule has 0 unspecified atom stereocenters. The first-order valence-corrected chi connectivity index (χ1v) is 7.66. The van der Waals surface area contributed by atoms with Gasteiger partial charge in [-0.25, -0.2) is 4.98 Å². The molecule has 0 saturated heterocycles. The van der Waals surface area contributed by atoms with Crippen molar-refractivity contribution in [2.45, 2.75) is 19.1 Å². The van der Waals surface area contributed by atoms with E-state index in [4.69, 9.17) is 4.74 Å². The fraction of sp³-hybridized carbons (Fsp3) is 0.235. The summed E-state index contributed by atoms with van der Waals surface area (Å²) in [6.45, 7) is 0.657. The Morgan fingerprint density at radius 1 is 1.33 bits per heavy atom. The van der Waals surface area contributed by atoms with Gasteiger partial charge in [-0.2, -0.15) is 0 Å². The third kappa shape index (κ3) is 2.39. The Morgan fingerprint density at radius 2 is 2.12 bits per heavy atom. The highest BCUT2D eigenvalue weighted by atomic mass is 16.6. The number of hydrogen-bond donors (Lipinski definition) is 1. The van der Waals surface area contributed by atoms with Crippen LogP contribution < -0.4 is 10.1 Å². The predicted octanol–water partition coefficient (Wildman–Crippen LogP) is 2.80. The zero-order valence-corrected chi connectivity index (χ0v) is 13.1. The average Bonchev–Trinajstić information content (AvgIpc) is 3.14. The van der Waals surface area contributed by atoms with Crippen LogP contribution in [-0.2, 0) is 13.1 Å². The molecule has 0 fully saturated rings. The van der Waals surface area contributed by atoms with Crippen molar-refractivity contribution in [1.29, 1.82) is 0 Å². The van der Waals surface area contributed by atoms with E-state index in [0.29, 0.717) is 12.2 Å². The van der Waals surface area contributed by atoms with E-state index in [-0.39, 0.29) is 11.7 Å². The minimum atomic E-state index is -0.392. The number of non-ortho nitro benzene ring substituents is 1. The summed E-state index contributed by atoms with van der Waals surface area (Å²) in [6.07, 6.45) is 0.801. The summed E-state index contributed by atoms with van der Waals surface area (Å²) in [6, 6.07) is 12.9. The van der Waals surface area contributed by atoms with Gasteiger partial charge in [0, 0.05) is 12.1 Å². The molecule has 1 aliphatic heterocycles. The minimum Gasteiger partial charge on any atom is -0.497 e. The number of nitro groups is 1. The van der Waals surface area contributed by atoms with E-state index >= 15 is 0 Å². The number of nitrogens with one attached hydrogen (secondary N) is 1. The maximum Gasteiger partial charge on any atom is 0.271 e. The van der Waals surface area contributed by atoms with Crippen molar-refractivity contribution in [2.24, 2.45) is 0 Å². The van der Waals surface area contributed by atoms with Gasteiger partial charge in [0.05, 0.1) is 35.8 Å². The topological polar surface area (TPSA) is 82.2 Å². The average molecular weight is 324 g/mol. The van der Waals surface area contributed by atoms with Gasteiger partial charge >= 0.3 is 0 Å². The van der Waals surface area contributed by atoms with Gasteiger partial charge in [-0.15, -0.1) is 0 Å². The molecule has 2 heterocycles. The van der Waals surface area contributed by atoms with Crippen molar-refractivity contribution in [2.75, 3.05) is 7.11 Å². The SMILES string of the molecule is COc1ccc(C[C@H]2NCn3c2nc2cc([N+](=O)[O-])ccc23)cc1. The first kappa shape index (κ1) is 14.6. The van der Waals surface area contributed by atoms with Crippen LogP contribution in [-0.4, -0.2) is 21.6 Å². The summed E-state index contributed by atoms with van der Waals surface area (Å²) in [4.78, 5) is 15.2.